The van der Waals surface area contributed by atoms with Gasteiger partial charge in [0.25, 0.3) is 0 Å². The Kier molecular flexibility index (Phi) is 8.83. The van der Waals surface area contributed by atoms with Crippen LogP contribution in [-0.2, 0) is 14.8 Å². The highest BCUT2D eigenvalue weighted by molar-refractivity contribution is 7.92. The molecule has 0 bridgehead atoms. The van der Waals surface area contributed by atoms with Gasteiger partial charge in [0, 0.05) is 37.8 Å². The summed E-state index contributed by atoms with van der Waals surface area (Å²) in [6.07, 6.45) is 4.27. The monoisotopic (exact) mass is 487 g/mol. The number of piperidine rings is 1. The molecule has 3 rings (SSSR count). The molecule has 1 N–H and O–H groups in total. The quantitative estimate of drug-likeness (QED) is 0.539. The number of nitrogens with zero attached hydrogens (tertiary/aromatic N) is 2. The topological polar surface area (TPSA) is 79.0 Å². The molecule has 0 aliphatic carbocycles. The number of amides is 1. The van der Waals surface area contributed by atoms with Gasteiger partial charge in [-0.15, -0.1) is 0 Å². The summed E-state index contributed by atoms with van der Waals surface area (Å²) in [5.41, 5.74) is 2.81. The van der Waals surface area contributed by atoms with Gasteiger partial charge in [0.05, 0.1) is 25.1 Å². The normalized spacial score (nSPS) is 15.6. The predicted molar refractivity (Wildman–Crippen MR) is 138 cm³/mol. The van der Waals surface area contributed by atoms with Crippen molar-refractivity contribution in [2.24, 2.45) is 5.92 Å². The number of rotatable bonds is 10. The zero-order valence-corrected chi connectivity index (χ0v) is 21.5. The molecule has 2 aromatic carbocycles. The summed E-state index contributed by atoms with van der Waals surface area (Å²) in [7, 11) is -1.94. The summed E-state index contributed by atoms with van der Waals surface area (Å²) in [6, 6.07) is 15.2. The van der Waals surface area contributed by atoms with Gasteiger partial charge in [-0.1, -0.05) is 25.1 Å². The number of hydrogen-bond donors (Lipinski definition) is 1. The molecule has 1 atom stereocenters. The first kappa shape index (κ1) is 25.9. The minimum atomic E-state index is -3.48. The van der Waals surface area contributed by atoms with Crippen molar-refractivity contribution in [3.05, 3.63) is 54.1 Å². The first-order valence-corrected chi connectivity index (χ1v) is 13.8. The van der Waals surface area contributed by atoms with Crippen LogP contribution in [-0.4, -0.2) is 47.3 Å². The number of ether oxygens (including phenoxy) is 1. The molecule has 0 unspecified atom stereocenters. The van der Waals surface area contributed by atoms with Gasteiger partial charge in [-0.2, -0.15) is 0 Å². The van der Waals surface area contributed by atoms with E-state index in [1.807, 2.05) is 6.92 Å². The van der Waals surface area contributed by atoms with Gasteiger partial charge in [0.15, 0.2) is 0 Å². The Labute approximate surface area is 204 Å². The molecular formula is C26H37N3O4S. The number of nitrogens with one attached hydrogen (secondary N) is 1. The average Bonchev–Trinajstić information content (AvgIpc) is 2.81. The van der Waals surface area contributed by atoms with Gasteiger partial charge in [0.2, 0.25) is 15.9 Å². The molecule has 8 heteroatoms. The molecule has 1 aliphatic rings. The average molecular weight is 488 g/mol. The van der Waals surface area contributed by atoms with Crippen LogP contribution in [0.15, 0.2) is 48.5 Å². The second-order valence-electron chi connectivity index (χ2n) is 9.19. The first-order chi connectivity index (χ1) is 16.2. The van der Waals surface area contributed by atoms with E-state index >= 15 is 0 Å². The predicted octanol–water partition coefficient (Wildman–Crippen LogP) is 4.36. The second kappa shape index (κ2) is 11.6. The highest BCUT2D eigenvalue weighted by Crippen LogP contribution is 2.25. The highest BCUT2D eigenvalue weighted by Gasteiger charge is 2.19. The number of anilines is 2. The van der Waals surface area contributed by atoms with Gasteiger partial charge in [-0.05, 0) is 61.9 Å². The Balaban J connectivity index is 1.51. The van der Waals surface area contributed by atoms with Crippen LogP contribution in [0.5, 0.6) is 5.75 Å². The number of hydrogen-bond acceptors (Lipinski definition) is 5. The number of methoxy groups -OCH3 is 1. The van der Waals surface area contributed by atoms with Crippen molar-refractivity contribution < 1.29 is 17.9 Å². The van der Waals surface area contributed by atoms with Gasteiger partial charge in [0.1, 0.15) is 5.75 Å². The Bertz CT molecular complexity index is 1050. The summed E-state index contributed by atoms with van der Waals surface area (Å²) < 4.78 is 31.1. The van der Waals surface area contributed by atoms with E-state index in [0.717, 1.165) is 24.6 Å². The van der Waals surface area contributed by atoms with Crippen LogP contribution in [0.25, 0.3) is 0 Å². The van der Waals surface area contributed by atoms with Crippen LogP contribution in [0, 0.1) is 5.92 Å². The van der Waals surface area contributed by atoms with Crippen molar-refractivity contribution in [2.45, 2.75) is 45.6 Å². The molecule has 0 saturated carbocycles. The molecule has 1 saturated heterocycles. The molecule has 1 aliphatic heterocycles. The van der Waals surface area contributed by atoms with Crippen molar-refractivity contribution in [1.82, 2.24) is 5.32 Å². The highest BCUT2D eigenvalue weighted by atomic mass is 32.2. The molecule has 1 fully saturated rings. The second-order valence-corrected chi connectivity index (χ2v) is 11.1. The van der Waals surface area contributed by atoms with Crippen molar-refractivity contribution in [2.75, 3.05) is 42.2 Å². The smallest absolute Gasteiger partial charge is 0.232 e. The minimum absolute atomic E-state index is 0.0966. The van der Waals surface area contributed by atoms with Crippen LogP contribution in [0.4, 0.5) is 11.4 Å². The van der Waals surface area contributed by atoms with E-state index in [2.05, 4.69) is 41.4 Å². The number of carbonyl (C=O) groups is 1. The third kappa shape index (κ3) is 7.13. The molecule has 34 heavy (non-hydrogen) atoms. The lowest BCUT2D eigenvalue weighted by atomic mass is 9.98. The molecule has 0 spiro atoms. The molecule has 7 nitrogen and oxygen atoms in total. The van der Waals surface area contributed by atoms with Crippen LogP contribution < -0.4 is 19.3 Å². The number of sulfonamides is 1. The molecule has 1 amide bonds. The number of benzene rings is 2. The van der Waals surface area contributed by atoms with Crippen molar-refractivity contribution in [3.8, 4) is 5.75 Å². The van der Waals surface area contributed by atoms with Gasteiger partial charge in [-0.3, -0.25) is 9.10 Å². The summed E-state index contributed by atoms with van der Waals surface area (Å²) in [5.74, 6) is 1.28. The zero-order chi connectivity index (χ0) is 24.7. The molecule has 0 aromatic heterocycles. The van der Waals surface area contributed by atoms with E-state index < -0.39 is 10.0 Å². The third-order valence-electron chi connectivity index (χ3n) is 6.43. The fourth-order valence-corrected chi connectivity index (χ4v) is 5.23. The third-order valence-corrected chi connectivity index (χ3v) is 7.62. The number of carbonyl (C=O) groups excluding carboxylic acids is 1. The molecule has 1 heterocycles. The Morgan fingerprint density at radius 2 is 1.85 bits per heavy atom. The Hall–Kier alpha value is -2.74. The summed E-state index contributed by atoms with van der Waals surface area (Å²) in [5, 5.41) is 3.03. The summed E-state index contributed by atoms with van der Waals surface area (Å²) >= 11 is 0. The van der Waals surface area contributed by atoms with E-state index in [4.69, 9.17) is 4.74 Å². The van der Waals surface area contributed by atoms with Crippen LogP contribution in [0.3, 0.4) is 0 Å². The minimum Gasteiger partial charge on any atom is -0.497 e. The fraction of sp³-hybridized carbons (Fsp3) is 0.500. The maximum absolute atomic E-state index is 12.5. The van der Waals surface area contributed by atoms with Crippen molar-refractivity contribution >= 4 is 27.3 Å². The first-order valence-electron chi connectivity index (χ1n) is 11.9. The van der Waals surface area contributed by atoms with Crippen molar-refractivity contribution in [3.63, 3.8) is 0 Å². The van der Waals surface area contributed by atoms with E-state index in [-0.39, 0.29) is 24.9 Å². The van der Waals surface area contributed by atoms with Crippen molar-refractivity contribution in [1.29, 1.82) is 0 Å². The molecular weight excluding hydrogens is 450 g/mol. The van der Waals surface area contributed by atoms with E-state index in [0.29, 0.717) is 17.9 Å². The van der Waals surface area contributed by atoms with E-state index in [1.165, 1.54) is 36.2 Å². The fourth-order valence-electron chi connectivity index (χ4n) is 4.27. The summed E-state index contributed by atoms with van der Waals surface area (Å²) in [4.78, 5) is 15.0. The maximum atomic E-state index is 12.5. The molecule has 2 aromatic rings. The lowest BCUT2D eigenvalue weighted by Crippen LogP contribution is -2.33. The van der Waals surface area contributed by atoms with Gasteiger partial charge < -0.3 is 15.0 Å². The standard InChI is InChI=1S/C26H37N3O4S/c1-20-14-17-28(18-15-20)23-12-10-22(11-13-23)21(2)27-26(30)9-6-16-29(34(4,31)32)24-7-5-8-25(19-24)33-3/h5,7-8,10-13,19-21H,6,9,14-18H2,1-4H3,(H,27,30)/t21-/m1/s1. The van der Waals surface area contributed by atoms with Gasteiger partial charge >= 0.3 is 0 Å². The lowest BCUT2D eigenvalue weighted by Gasteiger charge is -2.32. The van der Waals surface area contributed by atoms with E-state index in [9.17, 15) is 13.2 Å². The summed E-state index contributed by atoms with van der Waals surface area (Å²) in [6.45, 7) is 6.67. The van der Waals surface area contributed by atoms with Gasteiger partial charge in [-0.25, -0.2) is 8.42 Å². The zero-order valence-electron chi connectivity index (χ0n) is 20.7. The van der Waals surface area contributed by atoms with Crippen LogP contribution >= 0.6 is 0 Å². The molecule has 0 radical (unpaired) electrons. The SMILES string of the molecule is COc1cccc(N(CCCC(=O)N[C@H](C)c2ccc(N3CCC(C)CC3)cc2)S(C)(=O)=O)c1. The lowest BCUT2D eigenvalue weighted by molar-refractivity contribution is -0.121. The van der Waals surface area contributed by atoms with Crippen LogP contribution in [0.1, 0.15) is 51.1 Å². The molecule has 186 valence electrons. The largest absolute Gasteiger partial charge is 0.497 e. The van der Waals surface area contributed by atoms with Crippen LogP contribution in [0.2, 0.25) is 0 Å². The Morgan fingerprint density at radius 1 is 1.18 bits per heavy atom. The van der Waals surface area contributed by atoms with E-state index in [1.54, 1.807) is 24.3 Å². The maximum Gasteiger partial charge on any atom is 0.232 e. The Morgan fingerprint density at radius 3 is 2.47 bits per heavy atom.